The van der Waals surface area contributed by atoms with Gasteiger partial charge in [-0.15, -0.1) is 0 Å². The summed E-state index contributed by atoms with van der Waals surface area (Å²) in [7, 11) is 1.54. The van der Waals surface area contributed by atoms with Crippen molar-refractivity contribution in [3.63, 3.8) is 0 Å². The van der Waals surface area contributed by atoms with Gasteiger partial charge in [-0.25, -0.2) is 9.78 Å². The van der Waals surface area contributed by atoms with Gasteiger partial charge in [-0.05, 0) is 50.1 Å². The zero-order chi connectivity index (χ0) is 28.4. The van der Waals surface area contributed by atoms with Gasteiger partial charge in [0.1, 0.15) is 10.5 Å². The first-order valence-electron chi connectivity index (χ1n) is 13.2. The fourth-order valence-electron chi connectivity index (χ4n) is 4.81. The molecule has 3 heterocycles. The van der Waals surface area contributed by atoms with E-state index in [1.54, 1.807) is 63.4 Å². The van der Waals surface area contributed by atoms with Gasteiger partial charge >= 0.3 is 5.97 Å². The molecule has 1 unspecified atom stereocenters. The lowest BCUT2D eigenvalue weighted by atomic mass is 9.98. The molecule has 0 fully saturated rings. The SMILES string of the molecule is CCCCCOc1ccc(C2c3c(oc4ccccc4c3=O)C(=O)N2c2nc(C)c(C(=O)OCC)s2)cc1OC. The van der Waals surface area contributed by atoms with E-state index in [-0.39, 0.29) is 33.4 Å². The normalized spacial score (nSPS) is 14.4. The second kappa shape index (κ2) is 11.5. The van der Waals surface area contributed by atoms with Crippen LogP contribution in [0.1, 0.15) is 76.2 Å². The molecule has 2 aromatic carbocycles. The van der Waals surface area contributed by atoms with Gasteiger partial charge < -0.3 is 18.6 Å². The topological polar surface area (TPSA) is 108 Å². The number of ether oxygens (including phenoxy) is 3. The molecule has 40 heavy (non-hydrogen) atoms. The number of carbonyl (C=O) groups excluding carboxylic acids is 2. The molecule has 208 valence electrons. The summed E-state index contributed by atoms with van der Waals surface area (Å²) in [4.78, 5) is 46.5. The Morgan fingerprint density at radius 1 is 1.10 bits per heavy atom. The number of methoxy groups -OCH3 is 1. The molecule has 0 aliphatic carbocycles. The number of rotatable bonds is 10. The van der Waals surface area contributed by atoms with E-state index in [0.29, 0.717) is 40.3 Å². The maximum Gasteiger partial charge on any atom is 0.350 e. The number of unbranched alkanes of at least 4 members (excludes halogenated alkanes) is 2. The van der Waals surface area contributed by atoms with Gasteiger partial charge in [0.05, 0.1) is 43.0 Å². The van der Waals surface area contributed by atoms with Crippen LogP contribution in [0.5, 0.6) is 11.5 Å². The van der Waals surface area contributed by atoms with Crippen molar-refractivity contribution >= 4 is 39.3 Å². The van der Waals surface area contributed by atoms with E-state index < -0.39 is 17.9 Å². The fraction of sp³-hybridized carbons (Fsp3) is 0.333. The largest absolute Gasteiger partial charge is 0.493 e. The molecule has 0 spiro atoms. The highest BCUT2D eigenvalue weighted by molar-refractivity contribution is 7.17. The number of hydrogen-bond acceptors (Lipinski definition) is 9. The monoisotopic (exact) mass is 562 g/mol. The first kappa shape index (κ1) is 27.4. The van der Waals surface area contributed by atoms with Crippen molar-refractivity contribution in [1.82, 2.24) is 4.98 Å². The van der Waals surface area contributed by atoms with Gasteiger partial charge in [0.25, 0.3) is 5.91 Å². The van der Waals surface area contributed by atoms with Crippen molar-refractivity contribution in [3.05, 3.63) is 80.1 Å². The molecular weight excluding hydrogens is 532 g/mol. The number of aromatic nitrogens is 1. The molecule has 0 N–H and O–H groups in total. The third kappa shape index (κ3) is 4.83. The summed E-state index contributed by atoms with van der Waals surface area (Å²) in [5.41, 5.74) is 1.25. The molecule has 0 saturated carbocycles. The van der Waals surface area contributed by atoms with Gasteiger partial charge in [0, 0.05) is 0 Å². The van der Waals surface area contributed by atoms with Gasteiger partial charge in [-0.1, -0.05) is 49.3 Å². The number of carbonyl (C=O) groups is 2. The van der Waals surface area contributed by atoms with E-state index in [0.717, 1.165) is 30.6 Å². The predicted octanol–water partition coefficient (Wildman–Crippen LogP) is 6.06. The Kier molecular flexibility index (Phi) is 7.88. The molecule has 9 nitrogen and oxygen atoms in total. The number of nitrogens with zero attached hydrogens (tertiary/aromatic N) is 2. The molecule has 1 atom stereocenters. The Morgan fingerprint density at radius 3 is 2.65 bits per heavy atom. The van der Waals surface area contributed by atoms with Crippen LogP contribution < -0.4 is 19.8 Å². The minimum Gasteiger partial charge on any atom is -0.493 e. The number of aryl methyl sites for hydroxylation is 1. The van der Waals surface area contributed by atoms with Crippen LogP contribution in [0.25, 0.3) is 11.0 Å². The van der Waals surface area contributed by atoms with Crippen LogP contribution in [0.2, 0.25) is 0 Å². The van der Waals surface area contributed by atoms with E-state index in [1.807, 2.05) is 0 Å². The lowest BCUT2D eigenvalue weighted by Gasteiger charge is -2.23. The Bertz CT molecular complexity index is 1640. The lowest BCUT2D eigenvalue weighted by Crippen LogP contribution is -2.29. The maximum atomic E-state index is 13.9. The summed E-state index contributed by atoms with van der Waals surface area (Å²) in [6.07, 6.45) is 3.05. The van der Waals surface area contributed by atoms with Crippen molar-refractivity contribution < 1.29 is 28.2 Å². The van der Waals surface area contributed by atoms with Crippen LogP contribution in [-0.2, 0) is 4.74 Å². The average Bonchev–Trinajstić information content (AvgIpc) is 3.48. The standard InChI is InChI=1S/C30H30N2O7S/c1-5-7-10-15-38-21-14-13-18(16-22(21)36-4)24-23-25(33)19-11-8-9-12-20(19)39-26(23)28(34)32(24)30-31-17(3)27(40-30)29(35)37-6-2/h8-9,11-14,16,24H,5-7,10,15H2,1-4H3. The molecule has 1 aliphatic rings. The van der Waals surface area contributed by atoms with Crippen molar-refractivity contribution in [1.29, 1.82) is 0 Å². The smallest absolute Gasteiger partial charge is 0.350 e. The number of esters is 1. The second-order valence-electron chi connectivity index (χ2n) is 9.35. The molecule has 5 rings (SSSR count). The van der Waals surface area contributed by atoms with Crippen LogP contribution in [0.4, 0.5) is 5.13 Å². The minimum atomic E-state index is -0.869. The van der Waals surface area contributed by atoms with Crippen molar-refractivity contribution in [2.45, 2.75) is 46.1 Å². The van der Waals surface area contributed by atoms with Gasteiger partial charge in [0.15, 0.2) is 22.1 Å². The zero-order valence-electron chi connectivity index (χ0n) is 22.8. The molecule has 0 saturated heterocycles. The number of hydrogen-bond donors (Lipinski definition) is 0. The molecule has 1 aliphatic heterocycles. The fourth-order valence-corrected chi connectivity index (χ4v) is 5.80. The zero-order valence-corrected chi connectivity index (χ0v) is 23.6. The Hall–Kier alpha value is -4.18. The molecule has 0 bridgehead atoms. The highest BCUT2D eigenvalue weighted by Crippen LogP contribution is 2.44. The predicted molar refractivity (Wildman–Crippen MR) is 152 cm³/mol. The number of benzene rings is 2. The summed E-state index contributed by atoms with van der Waals surface area (Å²) >= 11 is 1.04. The minimum absolute atomic E-state index is 0.0573. The van der Waals surface area contributed by atoms with E-state index in [4.69, 9.17) is 18.6 Å². The van der Waals surface area contributed by atoms with Crippen molar-refractivity contribution in [3.8, 4) is 11.5 Å². The second-order valence-corrected chi connectivity index (χ2v) is 10.3. The summed E-state index contributed by atoms with van der Waals surface area (Å²) in [5, 5.41) is 0.621. The molecule has 4 aromatic rings. The highest BCUT2D eigenvalue weighted by Gasteiger charge is 2.45. The molecular formula is C30H30N2O7S. The molecule has 1 amide bonds. The van der Waals surface area contributed by atoms with E-state index in [1.165, 1.54) is 4.90 Å². The Labute approximate surface area is 235 Å². The van der Waals surface area contributed by atoms with Gasteiger partial charge in [0.2, 0.25) is 5.76 Å². The van der Waals surface area contributed by atoms with E-state index >= 15 is 0 Å². The third-order valence-corrected chi connectivity index (χ3v) is 7.88. The van der Waals surface area contributed by atoms with Crippen LogP contribution >= 0.6 is 11.3 Å². The van der Waals surface area contributed by atoms with Gasteiger partial charge in [-0.2, -0.15) is 0 Å². The lowest BCUT2D eigenvalue weighted by molar-refractivity contribution is 0.0531. The van der Waals surface area contributed by atoms with Crippen LogP contribution in [0, 0.1) is 6.92 Å². The quantitative estimate of drug-likeness (QED) is 0.169. The van der Waals surface area contributed by atoms with Gasteiger partial charge in [-0.3, -0.25) is 14.5 Å². The van der Waals surface area contributed by atoms with E-state index in [2.05, 4.69) is 11.9 Å². The number of anilines is 1. The van der Waals surface area contributed by atoms with E-state index in [9.17, 15) is 14.4 Å². The third-order valence-electron chi connectivity index (χ3n) is 6.74. The number of thiazole rings is 1. The molecule has 2 aromatic heterocycles. The molecule has 10 heteroatoms. The number of para-hydroxylation sites is 1. The Morgan fingerprint density at radius 2 is 1.90 bits per heavy atom. The summed E-state index contributed by atoms with van der Waals surface area (Å²) < 4.78 is 22.8. The number of amides is 1. The van der Waals surface area contributed by atoms with Crippen LogP contribution in [0.15, 0.2) is 51.7 Å². The number of fused-ring (bicyclic) bond motifs is 2. The maximum absolute atomic E-state index is 13.9. The summed E-state index contributed by atoms with van der Waals surface area (Å²) in [6.45, 7) is 6.28. The first-order chi connectivity index (χ1) is 19.4. The van der Waals surface area contributed by atoms with Crippen molar-refractivity contribution in [2.75, 3.05) is 25.2 Å². The average molecular weight is 563 g/mol. The Balaban J connectivity index is 1.66. The summed E-state index contributed by atoms with van der Waals surface area (Å²) in [5.74, 6) is -0.0548. The highest BCUT2D eigenvalue weighted by atomic mass is 32.1. The molecule has 0 radical (unpaired) electrons. The van der Waals surface area contributed by atoms with Crippen LogP contribution in [-0.4, -0.2) is 37.2 Å². The first-order valence-corrected chi connectivity index (χ1v) is 14.1. The summed E-state index contributed by atoms with van der Waals surface area (Å²) in [6, 6.07) is 11.3. The van der Waals surface area contributed by atoms with Crippen molar-refractivity contribution in [2.24, 2.45) is 0 Å². The van der Waals surface area contributed by atoms with Crippen LogP contribution in [0.3, 0.4) is 0 Å².